The van der Waals surface area contributed by atoms with Crippen molar-refractivity contribution in [3.63, 3.8) is 0 Å². The lowest BCUT2D eigenvalue weighted by atomic mass is 10.0. The lowest BCUT2D eigenvalue weighted by molar-refractivity contribution is -0.131. The molecule has 13 nitrogen and oxygen atoms in total. The Labute approximate surface area is 271 Å². The second kappa shape index (κ2) is 13.6. The predicted octanol–water partition coefficient (Wildman–Crippen LogP) is 2.20. The molecule has 4 N–H and O–H groups in total. The monoisotopic (exact) mass is 641 g/mol. The van der Waals surface area contributed by atoms with Gasteiger partial charge in [-0.3, -0.25) is 14.4 Å². The number of rotatable bonds is 3. The molecule has 246 valence electrons. The van der Waals surface area contributed by atoms with Crippen LogP contribution in [0.4, 0.5) is 0 Å². The standard InChI is InChI=1S/C34H39N7O6/c1-21(42)31-32(44)35-12-11-24-23-7-4-5-8-26(23)37-27(24)17-22-9-10-28(46-3)29(18-22)47-16-6-13-40(20-30(43)38-31)34(45)25-19-36-41-15-14-39(2)33(25)41/h4-5,7-10,14-15,18-19,21,31,37,42H,6,11-13,16-17,20H2,1-3H3,(H,35,44)(H,38,43)/t21-,31+/m1/s1. The van der Waals surface area contributed by atoms with E-state index in [4.69, 9.17) is 9.47 Å². The van der Waals surface area contributed by atoms with E-state index in [1.807, 2.05) is 49.5 Å². The first-order valence-electron chi connectivity index (χ1n) is 15.6. The molecular formula is C34H39N7O6. The van der Waals surface area contributed by atoms with E-state index in [1.165, 1.54) is 18.0 Å². The van der Waals surface area contributed by atoms with Gasteiger partial charge in [-0.15, -0.1) is 0 Å². The van der Waals surface area contributed by atoms with E-state index in [0.717, 1.165) is 27.7 Å². The summed E-state index contributed by atoms with van der Waals surface area (Å²) in [4.78, 5) is 45.4. The molecular weight excluding hydrogens is 602 g/mol. The van der Waals surface area contributed by atoms with E-state index in [2.05, 4.69) is 20.7 Å². The number of imidazole rings is 1. The third-order valence-electron chi connectivity index (χ3n) is 8.48. The maximum Gasteiger partial charge on any atom is 0.259 e. The van der Waals surface area contributed by atoms with Gasteiger partial charge in [0.1, 0.15) is 17.3 Å². The molecule has 4 heterocycles. The molecule has 5 aromatic rings. The molecule has 2 bridgehead atoms. The number of ether oxygens (including phenoxy) is 2. The Bertz CT molecular complexity index is 1920. The van der Waals surface area contributed by atoms with Gasteiger partial charge in [-0.1, -0.05) is 24.3 Å². The zero-order valence-electron chi connectivity index (χ0n) is 26.7. The number of methoxy groups -OCH3 is 1. The number of carbonyl (C=O) groups is 3. The van der Waals surface area contributed by atoms with Crippen molar-refractivity contribution in [3.05, 3.63) is 83.4 Å². The Kier molecular flexibility index (Phi) is 9.16. The fraction of sp³-hybridized carbons (Fsp3) is 0.353. The van der Waals surface area contributed by atoms with Crippen LogP contribution in [0.1, 0.15) is 40.5 Å². The maximum atomic E-state index is 13.8. The molecule has 2 atom stereocenters. The number of para-hydroxylation sites is 1. The number of hydrogen-bond donors (Lipinski definition) is 4. The molecule has 47 heavy (non-hydrogen) atoms. The van der Waals surface area contributed by atoms with Gasteiger partial charge in [0, 0.05) is 55.5 Å². The summed E-state index contributed by atoms with van der Waals surface area (Å²) in [6, 6.07) is 12.6. The van der Waals surface area contributed by atoms with Crippen molar-refractivity contribution in [1.29, 1.82) is 0 Å². The summed E-state index contributed by atoms with van der Waals surface area (Å²) in [6.45, 7) is 1.81. The third kappa shape index (κ3) is 6.66. The number of fused-ring (bicyclic) bond motifs is 6. The second-order valence-corrected chi connectivity index (χ2v) is 11.8. The summed E-state index contributed by atoms with van der Waals surface area (Å²) in [7, 11) is 3.39. The van der Waals surface area contributed by atoms with Crippen LogP contribution in [0.15, 0.2) is 61.1 Å². The summed E-state index contributed by atoms with van der Waals surface area (Å²) in [5.74, 6) is -0.330. The van der Waals surface area contributed by atoms with Crippen molar-refractivity contribution >= 4 is 34.3 Å². The van der Waals surface area contributed by atoms with Crippen LogP contribution >= 0.6 is 0 Å². The first kappa shape index (κ1) is 31.7. The number of carbonyl (C=O) groups excluding carboxylic acids is 3. The van der Waals surface area contributed by atoms with Crippen LogP contribution < -0.4 is 20.1 Å². The Morgan fingerprint density at radius 3 is 2.81 bits per heavy atom. The van der Waals surface area contributed by atoms with E-state index in [0.29, 0.717) is 42.0 Å². The zero-order valence-corrected chi connectivity index (χ0v) is 26.7. The van der Waals surface area contributed by atoms with Crippen molar-refractivity contribution in [2.45, 2.75) is 38.3 Å². The molecule has 3 aromatic heterocycles. The molecule has 1 aliphatic heterocycles. The van der Waals surface area contributed by atoms with E-state index >= 15 is 0 Å². The number of hydrogen-bond acceptors (Lipinski definition) is 7. The Morgan fingerprint density at radius 1 is 1.17 bits per heavy atom. The molecule has 0 aliphatic carbocycles. The molecule has 2 aromatic carbocycles. The number of aromatic amines is 1. The molecule has 0 unspecified atom stereocenters. The lowest BCUT2D eigenvalue weighted by Gasteiger charge is -2.25. The average Bonchev–Trinajstić information content (AvgIpc) is 3.75. The maximum absolute atomic E-state index is 13.8. The fourth-order valence-electron chi connectivity index (χ4n) is 6.12. The second-order valence-electron chi connectivity index (χ2n) is 11.8. The molecule has 13 heteroatoms. The Balaban J connectivity index is 1.31. The largest absolute Gasteiger partial charge is 0.493 e. The Hall–Kier alpha value is -5.30. The van der Waals surface area contributed by atoms with E-state index < -0.39 is 29.9 Å². The van der Waals surface area contributed by atoms with Gasteiger partial charge in [0.25, 0.3) is 5.91 Å². The van der Waals surface area contributed by atoms with Gasteiger partial charge in [0.2, 0.25) is 11.8 Å². The van der Waals surface area contributed by atoms with Crippen LogP contribution in [0.2, 0.25) is 0 Å². The van der Waals surface area contributed by atoms with E-state index in [-0.39, 0.29) is 26.2 Å². The fourth-order valence-corrected chi connectivity index (χ4v) is 6.12. The molecule has 1 aliphatic rings. The number of amides is 3. The highest BCUT2D eigenvalue weighted by Gasteiger charge is 2.29. The van der Waals surface area contributed by atoms with Gasteiger partial charge in [-0.05, 0) is 49.1 Å². The number of nitrogens with one attached hydrogen (secondary N) is 3. The van der Waals surface area contributed by atoms with E-state index in [9.17, 15) is 19.5 Å². The molecule has 3 amide bonds. The number of aromatic nitrogens is 4. The van der Waals surface area contributed by atoms with Gasteiger partial charge in [-0.2, -0.15) is 5.10 Å². The lowest BCUT2D eigenvalue weighted by Crippen LogP contribution is -2.55. The van der Waals surface area contributed by atoms with Crippen LogP contribution in [0.5, 0.6) is 11.5 Å². The van der Waals surface area contributed by atoms with Gasteiger partial charge < -0.3 is 39.7 Å². The first-order valence-corrected chi connectivity index (χ1v) is 15.6. The average molecular weight is 642 g/mol. The normalized spacial score (nSPS) is 17.5. The highest BCUT2D eigenvalue weighted by atomic mass is 16.5. The van der Waals surface area contributed by atoms with Crippen LogP contribution in [0.3, 0.4) is 0 Å². The number of aryl methyl sites for hydroxylation is 1. The summed E-state index contributed by atoms with van der Waals surface area (Å²) < 4.78 is 15.1. The topological polar surface area (TPSA) is 155 Å². The van der Waals surface area contributed by atoms with Gasteiger partial charge in [0.15, 0.2) is 11.5 Å². The van der Waals surface area contributed by atoms with Gasteiger partial charge >= 0.3 is 0 Å². The SMILES string of the molecule is COc1ccc2cc1OCCCN(C(=O)c1cnn3ccn(C)c13)CC(=O)N[C@@H]([C@@H](C)O)C(=O)NCCc1c([nH]c3ccccc13)C2. The van der Waals surface area contributed by atoms with Crippen molar-refractivity contribution < 1.29 is 29.0 Å². The summed E-state index contributed by atoms with van der Waals surface area (Å²) >= 11 is 0. The Morgan fingerprint density at radius 2 is 2.00 bits per heavy atom. The first-order chi connectivity index (χ1) is 22.7. The minimum atomic E-state index is -1.21. The minimum Gasteiger partial charge on any atom is -0.493 e. The van der Waals surface area contributed by atoms with Crippen LogP contribution in [0, 0.1) is 0 Å². The molecule has 0 saturated carbocycles. The van der Waals surface area contributed by atoms with Crippen molar-refractivity contribution in [3.8, 4) is 11.5 Å². The van der Waals surface area contributed by atoms with Crippen molar-refractivity contribution in [2.75, 3.05) is 33.4 Å². The third-order valence-corrected chi connectivity index (χ3v) is 8.48. The number of aliphatic hydroxyl groups is 1. The number of benzene rings is 2. The highest BCUT2D eigenvalue weighted by molar-refractivity contribution is 6.01. The van der Waals surface area contributed by atoms with Crippen LogP contribution in [-0.4, -0.2) is 92.4 Å². The van der Waals surface area contributed by atoms with Crippen LogP contribution in [-0.2, 0) is 29.5 Å². The van der Waals surface area contributed by atoms with E-state index in [1.54, 1.807) is 28.6 Å². The number of nitrogens with zero attached hydrogens (tertiary/aromatic N) is 4. The number of H-pyrrole nitrogens is 1. The molecule has 0 radical (unpaired) electrons. The van der Waals surface area contributed by atoms with Crippen molar-refractivity contribution in [1.82, 2.24) is 34.7 Å². The van der Waals surface area contributed by atoms with Crippen LogP contribution in [0.25, 0.3) is 16.6 Å². The summed E-state index contributed by atoms with van der Waals surface area (Å²) in [6.07, 6.45) is 5.33. The smallest absolute Gasteiger partial charge is 0.259 e. The molecule has 6 rings (SSSR count). The minimum absolute atomic E-state index is 0.181. The van der Waals surface area contributed by atoms with Gasteiger partial charge in [0.05, 0.1) is 32.6 Å². The summed E-state index contributed by atoms with van der Waals surface area (Å²) in [5, 5.41) is 21.3. The molecule has 0 saturated heterocycles. The summed E-state index contributed by atoms with van der Waals surface area (Å²) in [5.41, 5.74) is 4.99. The quantitative estimate of drug-likeness (QED) is 0.236. The highest BCUT2D eigenvalue weighted by Crippen LogP contribution is 2.31. The molecule has 0 fully saturated rings. The van der Waals surface area contributed by atoms with Gasteiger partial charge in [-0.25, -0.2) is 4.52 Å². The van der Waals surface area contributed by atoms with Crippen molar-refractivity contribution in [2.24, 2.45) is 7.05 Å². The number of aliphatic hydroxyl groups excluding tert-OH is 1. The predicted molar refractivity (Wildman–Crippen MR) is 175 cm³/mol. The zero-order chi connectivity index (χ0) is 33.1. The molecule has 0 spiro atoms.